The third-order valence-corrected chi connectivity index (χ3v) is 4.01. The van der Waals surface area contributed by atoms with Crippen molar-refractivity contribution < 1.29 is 0 Å². The maximum Gasteiger partial charge on any atom is 0.231 e. The molecular formula is C17H21N5S. The van der Waals surface area contributed by atoms with Gasteiger partial charge in [-0.3, -0.25) is 0 Å². The lowest BCUT2D eigenvalue weighted by Gasteiger charge is -2.18. The zero-order chi connectivity index (χ0) is 16.2. The Labute approximate surface area is 142 Å². The van der Waals surface area contributed by atoms with Crippen molar-refractivity contribution in [1.82, 2.24) is 15.3 Å². The fourth-order valence-corrected chi connectivity index (χ4v) is 2.84. The van der Waals surface area contributed by atoms with Crippen molar-refractivity contribution in [1.29, 1.82) is 0 Å². The molecule has 0 fully saturated rings. The lowest BCUT2D eigenvalue weighted by molar-refractivity contribution is 0.840. The third-order valence-electron chi connectivity index (χ3n) is 3.77. The Hall–Kier alpha value is -2.21. The summed E-state index contributed by atoms with van der Waals surface area (Å²) < 4.78 is 0. The number of nitrogens with one attached hydrogen (secondary N) is 2. The minimum absolute atomic E-state index is 0.546. The SMILES string of the molecule is CCCNC(=S)Nc1nc(C)cc(N2Cc3ccccc3C2)n1. The lowest BCUT2D eigenvalue weighted by atomic mass is 10.1. The van der Waals surface area contributed by atoms with Crippen molar-refractivity contribution in [3.8, 4) is 0 Å². The van der Waals surface area contributed by atoms with Crippen LogP contribution in [0.4, 0.5) is 11.8 Å². The fourth-order valence-electron chi connectivity index (χ4n) is 2.65. The highest BCUT2D eigenvalue weighted by Gasteiger charge is 2.20. The normalized spacial score (nSPS) is 12.9. The van der Waals surface area contributed by atoms with Crippen LogP contribution in [-0.4, -0.2) is 21.6 Å². The quantitative estimate of drug-likeness (QED) is 0.842. The molecule has 23 heavy (non-hydrogen) atoms. The first kappa shape index (κ1) is 15.7. The predicted molar refractivity (Wildman–Crippen MR) is 97.6 cm³/mol. The Morgan fingerprint density at radius 3 is 2.57 bits per heavy atom. The molecule has 0 spiro atoms. The van der Waals surface area contributed by atoms with Gasteiger partial charge in [-0.25, -0.2) is 4.98 Å². The first-order valence-corrected chi connectivity index (χ1v) is 8.29. The monoisotopic (exact) mass is 327 g/mol. The molecule has 5 nitrogen and oxygen atoms in total. The van der Waals surface area contributed by atoms with Crippen molar-refractivity contribution in [2.45, 2.75) is 33.4 Å². The predicted octanol–water partition coefficient (Wildman–Crippen LogP) is 3.00. The van der Waals surface area contributed by atoms with E-state index >= 15 is 0 Å². The average Bonchev–Trinajstić information content (AvgIpc) is 2.96. The second kappa shape index (κ2) is 6.91. The summed E-state index contributed by atoms with van der Waals surface area (Å²) in [5.41, 5.74) is 3.64. The molecule has 0 saturated heterocycles. The van der Waals surface area contributed by atoms with Gasteiger partial charge >= 0.3 is 0 Å². The van der Waals surface area contributed by atoms with Crippen molar-refractivity contribution in [2.75, 3.05) is 16.8 Å². The van der Waals surface area contributed by atoms with Gasteiger partial charge in [0.2, 0.25) is 5.95 Å². The highest BCUT2D eigenvalue weighted by Crippen LogP contribution is 2.27. The van der Waals surface area contributed by atoms with Gasteiger partial charge in [0.15, 0.2) is 5.11 Å². The van der Waals surface area contributed by atoms with Gasteiger partial charge in [-0.15, -0.1) is 0 Å². The largest absolute Gasteiger partial charge is 0.362 e. The molecule has 0 saturated carbocycles. The van der Waals surface area contributed by atoms with Crippen molar-refractivity contribution in [3.63, 3.8) is 0 Å². The smallest absolute Gasteiger partial charge is 0.231 e. The number of rotatable bonds is 4. The Morgan fingerprint density at radius 1 is 1.22 bits per heavy atom. The molecule has 6 heteroatoms. The molecule has 0 radical (unpaired) electrons. The van der Waals surface area contributed by atoms with Crippen LogP contribution in [0.15, 0.2) is 30.3 Å². The molecule has 0 atom stereocenters. The van der Waals surface area contributed by atoms with Gasteiger partial charge in [0.1, 0.15) is 5.82 Å². The van der Waals surface area contributed by atoms with Gasteiger partial charge in [0.25, 0.3) is 0 Å². The van der Waals surface area contributed by atoms with Gasteiger partial charge in [0, 0.05) is 31.4 Å². The van der Waals surface area contributed by atoms with Crippen LogP contribution in [0.5, 0.6) is 0 Å². The molecule has 1 aliphatic heterocycles. The molecule has 1 aliphatic rings. The molecule has 0 amide bonds. The van der Waals surface area contributed by atoms with Gasteiger partial charge in [-0.2, -0.15) is 4.98 Å². The van der Waals surface area contributed by atoms with Crippen LogP contribution in [0.2, 0.25) is 0 Å². The summed E-state index contributed by atoms with van der Waals surface area (Å²) in [5.74, 6) is 1.47. The second-order valence-electron chi connectivity index (χ2n) is 5.70. The van der Waals surface area contributed by atoms with Gasteiger partial charge < -0.3 is 15.5 Å². The number of aryl methyl sites for hydroxylation is 1. The van der Waals surface area contributed by atoms with E-state index in [1.165, 1.54) is 11.1 Å². The molecule has 1 aromatic carbocycles. The van der Waals surface area contributed by atoms with E-state index in [9.17, 15) is 0 Å². The van der Waals surface area contributed by atoms with Crippen molar-refractivity contribution in [3.05, 3.63) is 47.2 Å². The van der Waals surface area contributed by atoms with E-state index in [4.69, 9.17) is 12.2 Å². The summed E-state index contributed by atoms with van der Waals surface area (Å²) in [5, 5.41) is 6.77. The molecule has 0 unspecified atom stereocenters. The maximum absolute atomic E-state index is 5.26. The zero-order valence-corrected chi connectivity index (χ0v) is 14.3. The molecule has 0 bridgehead atoms. The summed E-state index contributed by atoms with van der Waals surface area (Å²) in [7, 11) is 0. The molecular weight excluding hydrogens is 306 g/mol. The van der Waals surface area contributed by atoms with E-state index < -0.39 is 0 Å². The fraction of sp³-hybridized carbons (Fsp3) is 0.353. The highest BCUT2D eigenvalue weighted by molar-refractivity contribution is 7.80. The Morgan fingerprint density at radius 2 is 1.91 bits per heavy atom. The maximum atomic E-state index is 5.26. The van der Waals surface area contributed by atoms with Crippen LogP contribution in [-0.2, 0) is 13.1 Å². The zero-order valence-electron chi connectivity index (χ0n) is 13.5. The Bertz CT molecular complexity index is 691. The minimum atomic E-state index is 0.546. The summed E-state index contributed by atoms with van der Waals surface area (Å²) in [6.45, 7) is 6.67. The van der Waals surface area contributed by atoms with E-state index in [-0.39, 0.29) is 0 Å². The van der Waals surface area contributed by atoms with Crippen LogP contribution in [0.25, 0.3) is 0 Å². The summed E-state index contributed by atoms with van der Waals surface area (Å²) in [6, 6.07) is 10.5. The van der Waals surface area contributed by atoms with Crippen molar-refractivity contribution >= 4 is 29.1 Å². The van der Waals surface area contributed by atoms with Gasteiger partial charge in [-0.1, -0.05) is 31.2 Å². The van der Waals surface area contributed by atoms with E-state index in [1.54, 1.807) is 0 Å². The molecule has 3 rings (SSSR count). The molecule has 1 aromatic heterocycles. The molecule has 120 valence electrons. The third kappa shape index (κ3) is 3.76. The Kier molecular flexibility index (Phi) is 4.71. The summed E-state index contributed by atoms with van der Waals surface area (Å²) in [6.07, 6.45) is 1.02. The van der Waals surface area contributed by atoms with Crippen LogP contribution in [0.1, 0.15) is 30.2 Å². The number of hydrogen-bond donors (Lipinski definition) is 2. The van der Waals surface area contributed by atoms with E-state index in [2.05, 4.69) is 56.7 Å². The number of hydrogen-bond acceptors (Lipinski definition) is 4. The van der Waals surface area contributed by atoms with E-state index in [0.29, 0.717) is 11.1 Å². The number of thiocarbonyl (C=S) groups is 1. The lowest BCUT2D eigenvalue weighted by Crippen LogP contribution is -2.30. The van der Waals surface area contributed by atoms with Crippen LogP contribution >= 0.6 is 12.2 Å². The highest BCUT2D eigenvalue weighted by atomic mass is 32.1. The van der Waals surface area contributed by atoms with Crippen molar-refractivity contribution in [2.24, 2.45) is 0 Å². The van der Waals surface area contributed by atoms with E-state index in [1.807, 2.05) is 13.0 Å². The van der Waals surface area contributed by atoms with Crippen LogP contribution in [0.3, 0.4) is 0 Å². The number of benzene rings is 1. The molecule has 2 heterocycles. The number of anilines is 2. The Balaban J connectivity index is 1.75. The molecule has 2 N–H and O–H groups in total. The van der Waals surface area contributed by atoms with Gasteiger partial charge in [-0.05, 0) is 36.7 Å². The first-order valence-electron chi connectivity index (χ1n) is 7.88. The molecule has 0 aliphatic carbocycles. The van der Waals surface area contributed by atoms with Crippen LogP contribution in [0, 0.1) is 6.92 Å². The number of nitrogens with zero attached hydrogens (tertiary/aromatic N) is 3. The van der Waals surface area contributed by atoms with Gasteiger partial charge in [0.05, 0.1) is 0 Å². The number of fused-ring (bicyclic) bond motifs is 1. The summed E-state index contributed by atoms with van der Waals surface area (Å²) >= 11 is 5.26. The van der Waals surface area contributed by atoms with Crippen LogP contribution < -0.4 is 15.5 Å². The second-order valence-corrected chi connectivity index (χ2v) is 6.11. The number of aromatic nitrogens is 2. The molecule has 2 aromatic rings. The standard InChI is InChI=1S/C17H21N5S/c1-3-8-18-17(23)21-16-19-12(2)9-15(20-16)22-10-13-6-4-5-7-14(13)11-22/h4-7,9H,3,8,10-11H2,1-2H3,(H2,18,19,20,21,23). The van der Waals surface area contributed by atoms with E-state index in [0.717, 1.165) is 37.6 Å². The first-order chi connectivity index (χ1) is 11.2. The topological polar surface area (TPSA) is 53.1 Å². The summed E-state index contributed by atoms with van der Waals surface area (Å²) in [4.78, 5) is 11.3. The average molecular weight is 327 g/mol. The minimum Gasteiger partial charge on any atom is -0.362 e.